The molecule has 1 fully saturated rings. The lowest BCUT2D eigenvalue weighted by Crippen LogP contribution is -2.23. The molecule has 78 valence electrons. The van der Waals surface area contributed by atoms with Gasteiger partial charge in [-0.3, -0.25) is 0 Å². The van der Waals surface area contributed by atoms with E-state index in [0.717, 1.165) is 21.6 Å². The Morgan fingerprint density at radius 3 is 2.79 bits per heavy atom. The minimum atomic E-state index is 0.614. The Hall–Kier alpha value is -0.0900. The standard InChI is InChI=1S/C10H15BrN2S/c1-6-3-4-8(7(6)2)12-10-13-9(11)5-14-10/h5-8H,3-4H2,1-2H3,(H,12,13). The van der Waals surface area contributed by atoms with Crippen LogP contribution in [0.1, 0.15) is 26.7 Å². The van der Waals surface area contributed by atoms with E-state index >= 15 is 0 Å². The molecule has 0 bridgehead atoms. The summed E-state index contributed by atoms with van der Waals surface area (Å²) in [7, 11) is 0. The molecule has 1 heterocycles. The van der Waals surface area contributed by atoms with Gasteiger partial charge in [0.1, 0.15) is 4.60 Å². The van der Waals surface area contributed by atoms with E-state index in [9.17, 15) is 0 Å². The van der Waals surface area contributed by atoms with Crippen LogP contribution in [0.4, 0.5) is 5.13 Å². The molecule has 2 nitrogen and oxygen atoms in total. The van der Waals surface area contributed by atoms with Gasteiger partial charge in [-0.05, 0) is 40.6 Å². The maximum atomic E-state index is 4.36. The Bertz CT molecular complexity index is 313. The highest BCUT2D eigenvalue weighted by Crippen LogP contribution is 2.34. The zero-order chi connectivity index (χ0) is 10.1. The van der Waals surface area contributed by atoms with E-state index < -0.39 is 0 Å². The van der Waals surface area contributed by atoms with Crippen LogP contribution in [0, 0.1) is 11.8 Å². The molecular formula is C10H15BrN2S. The molecule has 4 heteroatoms. The van der Waals surface area contributed by atoms with Crippen LogP contribution in [0.2, 0.25) is 0 Å². The third-order valence-electron chi connectivity index (χ3n) is 3.25. The van der Waals surface area contributed by atoms with Crippen LogP contribution >= 0.6 is 27.3 Å². The van der Waals surface area contributed by atoms with Crippen molar-refractivity contribution in [2.24, 2.45) is 11.8 Å². The van der Waals surface area contributed by atoms with Crippen LogP contribution in [0.15, 0.2) is 9.98 Å². The lowest BCUT2D eigenvalue weighted by molar-refractivity contribution is 0.435. The highest BCUT2D eigenvalue weighted by Gasteiger charge is 2.29. The van der Waals surface area contributed by atoms with Gasteiger partial charge >= 0.3 is 0 Å². The molecule has 0 radical (unpaired) electrons. The summed E-state index contributed by atoms with van der Waals surface area (Å²) in [5, 5.41) is 6.58. The average Bonchev–Trinajstić information content (AvgIpc) is 2.67. The van der Waals surface area contributed by atoms with E-state index in [2.05, 4.69) is 40.1 Å². The number of nitrogens with one attached hydrogen (secondary N) is 1. The zero-order valence-corrected chi connectivity index (χ0v) is 10.9. The van der Waals surface area contributed by atoms with Crippen LogP contribution in [0.5, 0.6) is 0 Å². The SMILES string of the molecule is CC1CCC(Nc2nc(Br)cs2)C1C. The second-order valence-electron chi connectivity index (χ2n) is 4.14. The van der Waals surface area contributed by atoms with Crippen LogP contribution in [0.25, 0.3) is 0 Å². The van der Waals surface area contributed by atoms with Crippen molar-refractivity contribution in [2.75, 3.05) is 5.32 Å². The summed E-state index contributed by atoms with van der Waals surface area (Å²) in [5.74, 6) is 1.61. The van der Waals surface area contributed by atoms with Crippen LogP contribution in [-0.4, -0.2) is 11.0 Å². The van der Waals surface area contributed by atoms with E-state index in [1.807, 2.05) is 5.38 Å². The molecule has 2 rings (SSSR count). The van der Waals surface area contributed by atoms with Gasteiger partial charge in [0.2, 0.25) is 0 Å². The first-order valence-electron chi connectivity index (χ1n) is 5.04. The van der Waals surface area contributed by atoms with E-state index in [4.69, 9.17) is 0 Å². The third-order valence-corrected chi connectivity index (χ3v) is 4.73. The Morgan fingerprint density at radius 2 is 2.29 bits per heavy atom. The van der Waals surface area contributed by atoms with Crippen molar-refractivity contribution in [3.63, 3.8) is 0 Å². The number of thiazole rings is 1. The molecule has 3 unspecified atom stereocenters. The number of hydrogen-bond donors (Lipinski definition) is 1. The molecule has 0 saturated heterocycles. The Labute approximate surface area is 97.3 Å². The number of aromatic nitrogens is 1. The van der Waals surface area contributed by atoms with E-state index in [1.54, 1.807) is 11.3 Å². The van der Waals surface area contributed by atoms with Gasteiger partial charge in [0.05, 0.1) is 0 Å². The van der Waals surface area contributed by atoms with Crippen LogP contribution in [0.3, 0.4) is 0 Å². The average molecular weight is 275 g/mol. The monoisotopic (exact) mass is 274 g/mol. The van der Waals surface area contributed by atoms with Gasteiger partial charge in [0, 0.05) is 11.4 Å². The first-order valence-corrected chi connectivity index (χ1v) is 6.71. The fourth-order valence-corrected chi connectivity index (χ4v) is 3.25. The van der Waals surface area contributed by atoms with Gasteiger partial charge < -0.3 is 5.32 Å². The maximum Gasteiger partial charge on any atom is 0.183 e. The minimum Gasteiger partial charge on any atom is -0.358 e. The van der Waals surface area contributed by atoms with Crippen molar-refractivity contribution in [3.8, 4) is 0 Å². The Morgan fingerprint density at radius 1 is 1.50 bits per heavy atom. The van der Waals surface area contributed by atoms with Crippen molar-refractivity contribution in [1.29, 1.82) is 0 Å². The van der Waals surface area contributed by atoms with Gasteiger partial charge in [0.25, 0.3) is 0 Å². The van der Waals surface area contributed by atoms with E-state index in [-0.39, 0.29) is 0 Å². The predicted molar refractivity (Wildman–Crippen MR) is 64.8 cm³/mol. The summed E-state index contributed by atoms with van der Waals surface area (Å²) in [6.07, 6.45) is 2.62. The molecule has 3 atom stereocenters. The largest absolute Gasteiger partial charge is 0.358 e. The van der Waals surface area contributed by atoms with Gasteiger partial charge in [-0.1, -0.05) is 13.8 Å². The second-order valence-corrected chi connectivity index (χ2v) is 5.81. The Balaban J connectivity index is 1.98. The molecule has 1 aromatic heterocycles. The van der Waals surface area contributed by atoms with Crippen LogP contribution < -0.4 is 5.32 Å². The van der Waals surface area contributed by atoms with Gasteiger partial charge in [-0.2, -0.15) is 0 Å². The van der Waals surface area contributed by atoms with Crippen molar-refractivity contribution in [2.45, 2.75) is 32.7 Å². The molecule has 1 N–H and O–H groups in total. The van der Waals surface area contributed by atoms with E-state index in [0.29, 0.717) is 6.04 Å². The van der Waals surface area contributed by atoms with Gasteiger partial charge in [-0.25, -0.2) is 4.98 Å². The molecule has 1 aliphatic rings. The molecule has 0 aliphatic heterocycles. The van der Waals surface area contributed by atoms with Gasteiger partial charge in [0.15, 0.2) is 5.13 Å². The lowest BCUT2D eigenvalue weighted by Gasteiger charge is -2.18. The molecule has 1 aromatic rings. The van der Waals surface area contributed by atoms with Crippen molar-refractivity contribution in [3.05, 3.63) is 9.98 Å². The normalized spacial score (nSPS) is 32.1. The van der Waals surface area contributed by atoms with Crippen LogP contribution in [-0.2, 0) is 0 Å². The molecular weight excluding hydrogens is 260 g/mol. The van der Waals surface area contributed by atoms with Crippen molar-refractivity contribution >= 4 is 32.4 Å². The third kappa shape index (κ3) is 2.11. The first kappa shape index (κ1) is 10.4. The number of hydrogen-bond acceptors (Lipinski definition) is 3. The fourth-order valence-electron chi connectivity index (χ4n) is 2.05. The molecule has 14 heavy (non-hydrogen) atoms. The summed E-state index contributed by atoms with van der Waals surface area (Å²) in [4.78, 5) is 4.36. The summed E-state index contributed by atoms with van der Waals surface area (Å²) in [6.45, 7) is 4.67. The summed E-state index contributed by atoms with van der Waals surface area (Å²) in [6, 6.07) is 0.614. The summed E-state index contributed by atoms with van der Waals surface area (Å²) >= 11 is 5.04. The molecule has 1 aliphatic carbocycles. The van der Waals surface area contributed by atoms with Crippen molar-refractivity contribution in [1.82, 2.24) is 4.98 Å². The molecule has 0 aromatic carbocycles. The smallest absolute Gasteiger partial charge is 0.183 e. The summed E-state index contributed by atoms with van der Waals surface area (Å²) < 4.78 is 0.934. The quantitative estimate of drug-likeness (QED) is 0.889. The van der Waals surface area contributed by atoms with E-state index in [1.165, 1.54) is 12.8 Å². The Kier molecular flexibility index (Phi) is 3.12. The van der Waals surface area contributed by atoms with Crippen molar-refractivity contribution < 1.29 is 0 Å². The minimum absolute atomic E-state index is 0.614. The fraction of sp³-hybridized carbons (Fsp3) is 0.700. The number of anilines is 1. The number of rotatable bonds is 2. The highest BCUT2D eigenvalue weighted by molar-refractivity contribution is 9.10. The summed E-state index contributed by atoms with van der Waals surface area (Å²) in [5.41, 5.74) is 0. The lowest BCUT2D eigenvalue weighted by atomic mass is 9.98. The number of nitrogens with zero attached hydrogens (tertiary/aromatic N) is 1. The molecule has 0 amide bonds. The molecule has 0 spiro atoms. The topological polar surface area (TPSA) is 24.9 Å². The predicted octanol–water partition coefficient (Wildman–Crippen LogP) is 3.75. The maximum absolute atomic E-state index is 4.36. The van der Waals surface area contributed by atoms with Gasteiger partial charge in [-0.15, -0.1) is 11.3 Å². The first-order chi connectivity index (χ1) is 6.66. The zero-order valence-electron chi connectivity index (χ0n) is 8.46. The number of halogens is 1. The molecule has 1 saturated carbocycles. The second kappa shape index (κ2) is 4.19. The highest BCUT2D eigenvalue weighted by atomic mass is 79.9.